The summed E-state index contributed by atoms with van der Waals surface area (Å²) in [6, 6.07) is 16.9. The van der Waals surface area contributed by atoms with Crippen LogP contribution in [0.2, 0.25) is 0 Å². The molecule has 0 atom stereocenters. The van der Waals surface area contributed by atoms with Crippen LogP contribution >= 0.6 is 0 Å². The molecule has 0 saturated carbocycles. The Hall–Kier alpha value is -2.38. The Morgan fingerprint density at radius 2 is 0.769 bits per heavy atom. The van der Waals surface area contributed by atoms with Gasteiger partial charge in [-0.1, -0.05) is 115 Å². The first-order chi connectivity index (χ1) is 12.9. The average molecular weight is 352 g/mol. The third-order valence-electron chi connectivity index (χ3n) is 3.42. The number of hydrogen-bond donors (Lipinski definition) is 1. The molecule has 0 spiro atoms. The molecule has 0 saturated heterocycles. The Kier molecular flexibility index (Phi) is 16.0. The maximum Gasteiger partial charge on any atom is -0.00990 e. The van der Waals surface area contributed by atoms with Gasteiger partial charge < -0.3 is 5.73 Å². The monoisotopic (exact) mass is 351 g/mol. The van der Waals surface area contributed by atoms with Gasteiger partial charge in [0.1, 0.15) is 0 Å². The summed E-state index contributed by atoms with van der Waals surface area (Å²) in [4.78, 5) is 0. The third-order valence-corrected chi connectivity index (χ3v) is 3.42. The number of hydrogen-bond acceptors (Lipinski definition) is 1. The number of fused-ring (bicyclic) bond motifs is 3. The first-order valence-electron chi connectivity index (χ1n) is 9.63. The molecule has 3 aromatic rings. The molecular weight excluding hydrogens is 314 g/mol. The minimum atomic E-state index is 1.17. The van der Waals surface area contributed by atoms with E-state index in [0.29, 0.717) is 0 Å². The molecule has 0 aliphatic carbocycles. The molecule has 0 aliphatic heterocycles. The van der Waals surface area contributed by atoms with E-state index in [2.05, 4.69) is 67.4 Å². The fourth-order valence-corrected chi connectivity index (χ4v) is 2.64. The highest BCUT2D eigenvalue weighted by molar-refractivity contribution is 6.14. The van der Waals surface area contributed by atoms with Gasteiger partial charge in [0.2, 0.25) is 0 Å². The van der Waals surface area contributed by atoms with Crippen LogP contribution in [0.25, 0.3) is 33.7 Å². The first-order valence-corrected chi connectivity index (χ1v) is 9.63. The lowest BCUT2D eigenvalue weighted by molar-refractivity contribution is 1.48. The summed E-state index contributed by atoms with van der Waals surface area (Å²) in [6.07, 6.45) is 3.84. The molecule has 2 N–H and O–H groups in total. The van der Waals surface area contributed by atoms with E-state index in [9.17, 15) is 0 Å². The Morgan fingerprint density at radius 3 is 1.00 bits per heavy atom. The highest BCUT2D eigenvalue weighted by Crippen LogP contribution is 2.33. The van der Waals surface area contributed by atoms with Crippen LogP contribution in [-0.2, 0) is 0 Å². The van der Waals surface area contributed by atoms with Crippen LogP contribution in [0.4, 0.5) is 0 Å². The zero-order chi connectivity index (χ0) is 20.5. The van der Waals surface area contributed by atoms with E-state index >= 15 is 0 Å². The largest absolute Gasteiger partial charge is 0.333 e. The zero-order valence-electron chi connectivity index (χ0n) is 17.8. The summed E-state index contributed by atoms with van der Waals surface area (Å²) in [5.74, 6) is 0. The number of nitrogens with two attached hydrogens (primary N) is 1. The van der Waals surface area contributed by atoms with Crippen LogP contribution in [0.5, 0.6) is 0 Å². The molecule has 3 aromatic carbocycles. The quantitative estimate of drug-likeness (QED) is 0.466. The lowest BCUT2D eigenvalue weighted by atomic mass is 9.92. The second-order valence-corrected chi connectivity index (χ2v) is 4.33. The van der Waals surface area contributed by atoms with Crippen molar-refractivity contribution in [3.63, 3.8) is 0 Å². The molecule has 0 bridgehead atoms. The van der Waals surface area contributed by atoms with Crippen LogP contribution in [0.3, 0.4) is 0 Å². The molecule has 0 fully saturated rings. The summed E-state index contributed by atoms with van der Waals surface area (Å²) < 4.78 is 0. The Morgan fingerprint density at radius 1 is 0.538 bits per heavy atom. The fraction of sp³-hybridized carbons (Fsp3) is 0.280. The van der Waals surface area contributed by atoms with E-state index in [-0.39, 0.29) is 0 Å². The first kappa shape index (κ1) is 25.9. The van der Waals surface area contributed by atoms with Gasteiger partial charge >= 0.3 is 0 Å². The maximum atomic E-state index is 4.50. The van der Waals surface area contributed by atoms with Gasteiger partial charge in [0.25, 0.3) is 0 Å². The van der Waals surface area contributed by atoms with Crippen LogP contribution in [0.15, 0.2) is 61.7 Å². The summed E-state index contributed by atoms with van der Waals surface area (Å²) >= 11 is 0. The lowest BCUT2D eigenvalue weighted by Crippen LogP contribution is -1.88. The van der Waals surface area contributed by atoms with Gasteiger partial charge in [-0.15, -0.1) is 0 Å². The van der Waals surface area contributed by atoms with E-state index in [1.165, 1.54) is 39.7 Å². The van der Waals surface area contributed by atoms with Crippen molar-refractivity contribution in [1.82, 2.24) is 0 Å². The molecule has 1 nitrogen and oxygen atoms in total. The van der Waals surface area contributed by atoms with Crippen LogP contribution in [0.1, 0.15) is 52.7 Å². The zero-order valence-corrected chi connectivity index (χ0v) is 17.8. The van der Waals surface area contributed by atoms with E-state index in [1.54, 1.807) is 0 Å². The second kappa shape index (κ2) is 16.1. The second-order valence-electron chi connectivity index (χ2n) is 4.33. The van der Waals surface area contributed by atoms with Gasteiger partial charge in [-0.3, -0.25) is 0 Å². The van der Waals surface area contributed by atoms with Gasteiger partial charge in [-0.2, -0.15) is 0 Å². The lowest BCUT2D eigenvalue weighted by Gasteiger charge is -2.12. The van der Waals surface area contributed by atoms with Gasteiger partial charge in [-0.25, -0.2) is 0 Å². The van der Waals surface area contributed by atoms with Crippen molar-refractivity contribution in [3.05, 3.63) is 72.8 Å². The van der Waals surface area contributed by atoms with Crippen molar-refractivity contribution >= 4 is 33.7 Å². The van der Waals surface area contributed by atoms with Crippen molar-refractivity contribution in [3.8, 4) is 0 Å². The summed E-state index contributed by atoms with van der Waals surface area (Å²) in [6.45, 7) is 19.9. The topological polar surface area (TPSA) is 26.0 Å². The number of rotatable bonds is 2. The normalized spacial score (nSPS) is 8.31. The van der Waals surface area contributed by atoms with Crippen molar-refractivity contribution < 1.29 is 0 Å². The molecule has 1 heteroatoms. The minimum absolute atomic E-state index is 1.17. The van der Waals surface area contributed by atoms with E-state index in [1.807, 2.05) is 53.7 Å². The molecule has 3 rings (SSSR count). The molecular formula is C25H37N. The van der Waals surface area contributed by atoms with Crippen LogP contribution < -0.4 is 5.73 Å². The fourth-order valence-electron chi connectivity index (χ4n) is 2.64. The summed E-state index contributed by atoms with van der Waals surface area (Å²) in [7, 11) is 1.50. The minimum Gasteiger partial charge on any atom is -0.333 e. The third kappa shape index (κ3) is 5.86. The molecule has 142 valence electrons. The number of benzene rings is 3. The van der Waals surface area contributed by atoms with E-state index in [4.69, 9.17) is 0 Å². The van der Waals surface area contributed by atoms with Crippen LogP contribution in [0, 0.1) is 0 Å². The van der Waals surface area contributed by atoms with Gasteiger partial charge in [0.15, 0.2) is 0 Å². The molecule has 0 heterocycles. The standard InChI is InChI=1S/C18H14.3C2H6.CH5N/c1-3-13-14(4-2)16-10-6-8-12-18(16)17-11-7-5-9-15(13)17;4*1-2/h3-12H,1-2H2;3*1-2H3;2H2,1H3. The molecule has 0 aromatic heterocycles. The Labute approximate surface area is 161 Å². The van der Waals surface area contributed by atoms with Gasteiger partial charge in [-0.05, 0) is 39.7 Å². The summed E-state index contributed by atoms with van der Waals surface area (Å²) in [5.41, 5.74) is 6.83. The highest BCUT2D eigenvalue weighted by Gasteiger charge is 2.09. The maximum absolute atomic E-state index is 4.50. The average Bonchev–Trinajstić information content (AvgIpc) is 2.78. The van der Waals surface area contributed by atoms with Crippen molar-refractivity contribution in [2.24, 2.45) is 5.73 Å². The van der Waals surface area contributed by atoms with Gasteiger partial charge in [0.05, 0.1) is 0 Å². The van der Waals surface area contributed by atoms with Crippen molar-refractivity contribution in [1.29, 1.82) is 0 Å². The van der Waals surface area contributed by atoms with E-state index in [0.717, 1.165) is 0 Å². The molecule has 0 amide bonds. The highest BCUT2D eigenvalue weighted by atomic mass is 14.4. The van der Waals surface area contributed by atoms with Crippen LogP contribution in [-0.4, -0.2) is 7.05 Å². The predicted molar refractivity (Wildman–Crippen MR) is 126 cm³/mol. The Bertz CT molecular complexity index is 703. The Balaban J connectivity index is 0. The van der Waals surface area contributed by atoms with Gasteiger partial charge in [0, 0.05) is 0 Å². The van der Waals surface area contributed by atoms with Crippen molar-refractivity contribution in [2.45, 2.75) is 41.5 Å². The summed E-state index contributed by atoms with van der Waals surface area (Å²) in [5, 5.41) is 5.02. The molecule has 26 heavy (non-hydrogen) atoms. The molecule has 0 radical (unpaired) electrons. The predicted octanol–water partition coefficient (Wildman–Crippen LogP) is 7.93. The van der Waals surface area contributed by atoms with E-state index < -0.39 is 0 Å². The smallest absolute Gasteiger partial charge is 0.00990 e. The molecule has 0 aliphatic rings. The SMILES string of the molecule is C=Cc1c(C=C)c2ccccc2c2ccccc12.CC.CC.CC.CN. The van der Waals surface area contributed by atoms with Crippen molar-refractivity contribution in [2.75, 3.05) is 7.05 Å². The molecule has 0 unspecified atom stereocenters.